The first-order chi connectivity index (χ1) is 13.5. The third-order valence-corrected chi connectivity index (χ3v) is 3.80. The molecule has 0 bridgehead atoms. The third kappa shape index (κ3) is 4.14. The highest BCUT2D eigenvalue weighted by molar-refractivity contribution is 5.97. The summed E-state index contributed by atoms with van der Waals surface area (Å²) in [5, 5.41) is 0.716. The van der Waals surface area contributed by atoms with Gasteiger partial charge in [0.1, 0.15) is 11.3 Å². The molecule has 0 spiro atoms. The predicted octanol–water partition coefficient (Wildman–Crippen LogP) is 2.35. The van der Waals surface area contributed by atoms with E-state index in [1.165, 1.54) is 18.4 Å². The molecule has 2 heterocycles. The van der Waals surface area contributed by atoms with Gasteiger partial charge in [0.25, 0.3) is 5.91 Å². The number of hydrogen-bond acceptors (Lipinski definition) is 7. The van der Waals surface area contributed by atoms with Gasteiger partial charge in [-0.05, 0) is 44.2 Å². The Morgan fingerprint density at radius 3 is 2.68 bits per heavy atom. The summed E-state index contributed by atoms with van der Waals surface area (Å²) < 4.78 is 20.8. The van der Waals surface area contributed by atoms with E-state index >= 15 is 0 Å². The number of carbonyl (C=O) groups excluding carboxylic acids is 3. The zero-order valence-corrected chi connectivity index (χ0v) is 15.2. The zero-order chi connectivity index (χ0) is 20.1. The summed E-state index contributed by atoms with van der Waals surface area (Å²) in [5.41, 5.74) is 5.34. The Labute approximate surface area is 159 Å². The highest BCUT2D eigenvalue weighted by atomic mass is 16.5. The lowest BCUT2D eigenvalue weighted by Gasteiger charge is -2.06. The van der Waals surface area contributed by atoms with Gasteiger partial charge < -0.3 is 18.3 Å². The van der Waals surface area contributed by atoms with Crippen molar-refractivity contribution in [1.29, 1.82) is 0 Å². The number of ether oxygens (including phenoxy) is 2. The van der Waals surface area contributed by atoms with Gasteiger partial charge in [-0.2, -0.15) is 0 Å². The number of hydrogen-bond donors (Lipinski definition) is 2. The molecule has 0 aliphatic rings. The first kappa shape index (κ1) is 19.0. The molecule has 2 aromatic heterocycles. The molecule has 146 valence electrons. The predicted molar refractivity (Wildman–Crippen MR) is 96.7 cm³/mol. The van der Waals surface area contributed by atoms with Gasteiger partial charge in [-0.25, -0.2) is 4.79 Å². The van der Waals surface area contributed by atoms with Crippen LogP contribution >= 0.6 is 0 Å². The van der Waals surface area contributed by atoms with E-state index in [4.69, 9.17) is 18.3 Å². The van der Waals surface area contributed by atoms with Crippen molar-refractivity contribution in [2.45, 2.75) is 13.8 Å². The van der Waals surface area contributed by atoms with Gasteiger partial charge in [0.2, 0.25) is 5.76 Å². The largest absolute Gasteiger partial charge is 0.494 e. The number of furan rings is 2. The number of nitrogens with one attached hydrogen (secondary N) is 2. The monoisotopic (exact) mass is 386 g/mol. The molecular formula is C19H18N2O7. The number of rotatable bonds is 6. The SMILES string of the molecule is CCOc1ccc2oc(C(=O)OCC(=O)NNC(=O)c3ccco3)c(C)c2c1. The molecule has 2 amide bonds. The van der Waals surface area contributed by atoms with Crippen molar-refractivity contribution in [3.05, 3.63) is 53.7 Å². The van der Waals surface area contributed by atoms with E-state index in [2.05, 4.69) is 10.9 Å². The van der Waals surface area contributed by atoms with Crippen molar-refractivity contribution >= 4 is 28.8 Å². The lowest BCUT2D eigenvalue weighted by molar-refractivity contribution is -0.125. The number of aryl methyl sites for hydroxylation is 1. The number of amides is 2. The summed E-state index contributed by atoms with van der Waals surface area (Å²) in [6.45, 7) is 3.50. The molecule has 0 atom stereocenters. The highest BCUT2D eigenvalue weighted by Crippen LogP contribution is 2.29. The summed E-state index contributed by atoms with van der Waals surface area (Å²) >= 11 is 0. The second-order valence-corrected chi connectivity index (χ2v) is 5.70. The average Bonchev–Trinajstić information content (AvgIpc) is 3.33. The molecule has 28 heavy (non-hydrogen) atoms. The fraction of sp³-hybridized carbons (Fsp3) is 0.211. The van der Waals surface area contributed by atoms with Gasteiger partial charge in [0.05, 0.1) is 12.9 Å². The molecule has 0 fully saturated rings. The van der Waals surface area contributed by atoms with Gasteiger partial charge in [-0.3, -0.25) is 20.4 Å². The molecule has 0 aliphatic carbocycles. The maximum absolute atomic E-state index is 12.2. The van der Waals surface area contributed by atoms with Crippen LogP contribution < -0.4 is 15.6 Å². The second kappa shape index (κ2) is 8.30. The van der Waals surface area contributed by atoms with E-state index in [0.29, 0.717) is 28.9 Å². The van der Waals surface area contributed by atoms with E-state index in [9.17, 15) is 14.4 Å². The Bertz CT molecular complexity index is 1000. The number of benzene rings is 1. The summed E-state index contributed by atoms with van der Waals surface area (Å²) in [4.78, 5) is 35.6. The van der Waals surface area contributed by atoms with E-state index < -0.39 is 24.4 Å². The first-order valence-electron chi connectivity index (χ1n) is 8.45. The van der Waals surface area contributed by atoms with Crippen molar-refractivity contribution in [3.8, 4) is 5.75 Å². The fourth-order valence-corrected chi connectivity index (χ4v) is 2.48. The molecule has 0 aliphatic heterocycles. The number of fused-ring (bicyclic) bond motifs is 1. The summed E-state index contributed by atoms with van der Waals surface area (Å²) in [5.74, 6) is -1.47. The van der Waals surface area contributed by atoms with E-state index in [0.717, 1.165) is 0 Å². The van der Waals surface area contributed by atoms with Gasteiger partial charge in [-0.1, -0.05) is 0 Å². The molecule has 0 radical (unpaired) electrons. The molecule has 1 aromatic carbocycles. The summed E-state index contributed by atoms with van der Waals surface area (Å²) in [7, 11) is 0. The Morgan fingerprint density at radius 1 is 1.14 bits per heavy atom. The Hall–Kier alpha value is -3.75. The van der Waals surface area contributed by atoms with E-state index in [-0.39, 0.29) is 11.5 Å². The Kier molecular flexibility index (Phi) is 5.64. The fourth-order valence-electron chi connectivity index (χ4n) is 2.48. The summed E-state index contributed by atoms with van der Waals surface area (Å²) in [6.07, 6.45) is 1.32. The van der Waals surface area contributed by atoms with E-state index in [1.807, 2.05) is 6.92 Å². The van der Waals surface area contributed by atoms with Crippen LogP contribution in [0, 0.1) is 6.92 Å². The normalized spacial score (nSPS) is 10.5. The quantitative estimate of drug-likeness (QED) is 0.493. The molecule has 3 aromatic rings. The molecular weight excluding hydrogens is 368 g/mol. The van der Waals surface area contributed by atoms with Gasteiger partial charge in [-0.15, -0.1) is 0 Å². The first-order valence-corrected chi connectivity index (χ1v) is 8.45. The minimum Gasteiger partial charge on any atom is -0.494 e. The van der Waals surface area contributed by atoms with Crippen molar-refractivity contribution < 1.29 is 32.7 Å². The third-order valence-electron chi connectivity index (χ3n) is 3.80. The molecule has 9 nitrogen and oxygen atoms in total. The zero-order valence-electron chi connectivity index (χ0n) is 15.2. The number of esters is 1. The van der Waals surface area contributed by atoms with Crippen LogP contribution in [-0.4, -0.2) is 31.0 Å². The van der Waals surface area contributed by atoms with Crippen LogP contribution in [0.2, 0.25) is 0 Å². The summed E-state index contributed by atoms with van der Waals surface area (Å²) in [6, 6.07) is 8.17. The van der Waals surface area contributed by atoms with Gasteiger partial charge in [0, 0.05) is 10.9 Å². The molecule has 0 saturated heterocycles. The Morgan fingerprint density at radius 2 is 1.96 bits per heavy atom. The van der Waals surface area contributed by atoms with Crippen LogP contribution in [-0.2, 0) is 9.53 Å². The lowest BCUT2D eigenvalue weighted by Crippen LogP contribution is -2.43. The van der Waals surface area contributed by atoms with Crippen LogP contribution in [0.15, 0.2) is 45.4 Å². The molecule has 0 unspecified atom stereocenters. The minimum absolute atomic E-state index is 0.00364. The van der Waals surface area contributed by atoms with Crippen LogP contribution in [0.4, 0.5) is 0 Å². The highest BCUT2D eigenvalue weighted by Gasteiger charge is 2.20. The maximum atomic E-state index is 12.2. The van der Waals surface area contributed by atoms with Gasteiger partial charge in [0.15, 0.2) is 12.4 Å². The minimum atomic E-state index is -0.792. The number of carbonyl (C=O) groups is 3. The average molecular weight is 386 g/mol. The van der Waals surface area contributed by atoms with Crippen molar-refractivity contribution in [2.24, 2.45) is 0 Å². The molecule has 2 N–H and O–H groups in total. The smallest absolute Gasteiger partial charge is 0.375 e. The van der Waals surface area contributed by atoms with Gasteiger partial charge >= 0.3 is 11.9 Å². The molecule has 3 rings (SSSR count). The van der Waals surface area contributed by atoms with Crippen LogP contribution in [0.25, 0.3) is 11.0 Å². The molecule has 0 saturated carbocycles. The van der Waals surface area contributed by atoms with Crippen LogP contribution in [0.3, 0.4) is 0 Å². The topological polar surface area (TPSA) is 120 Å². The standard InChI is InChI=1S/C19H18N2O7/c1-3-25-12-6-7-14-13(9-12)11(2)17(28-14)19(24)27-10-16(22)20-21-18(23)15-5-4-8-26-15/h4-9H,3,10H2,1-2H3,(H,20,22)(H,21,23). The maximum Gasteiger partial charge on any atom is 0.375 e. The van der Waals surface area contributed by atoms with Crippen molar-refractivity contribution in [3.63, 3.8) is 0 Å². The van der Waals surface area contributed by atoms with E-state index in [1.54, 1.807) is 25.1 Å². The van der Waals surface area contributed by atoms with Crippen LogP contribution in [0.5, 0.6) is 5.75 Å². The van der Waals surface area contributed by atoms with Crippen LogP contribution in [0.1, 0.15) is 33.6 Å². The Balaban J connectivity index is 1.57. The van der Waals surface area contributed by atoms with Crippen molar-refractivity contribution in [1.82, 2.24) is 10.9 Å². The number of hydrazine groups is 1. The second-order valence-electron chi connectivity index (χ2n) is 5.70. The lowest BCUT2D eigenvalue weighted by atomic mass is 10.1. The van der Waals surface area contributed by atoms with Crippen molar-refractivity contribution in [2.75, 3.05) is 13.2 Å². The molecule has 9 heteroatoms.